The molecule has 202 valence electrons. The summed E-state index contributed by atoms with van der Waals surface area (Å²) in [6.07, 6.45) is 5.55. The minimum Gasteiger partial charge on any atom is -0.378 e. The van der Waals surface area contributed by atoms with E-state index in [2.05, 4.69) is 31.5 Å². The molecule has 40 heavy (non-hydrogen) atoms. The predicted octanol–water partition coefficient (Wildman–Crippen LogP) is 2.84. The van der Waals surface area contributed by atoms with Gasteiger partial charge in [-0.25, -0.2) is 19.9 Å². The second-order valence-corrected chi connectivity index (χ2v) is 9.87. The molecule has 1 amide bonds. The van der Waals surface area contributed by atoms with Gasteiger partial charge in [0.2, 0.25) is 0 Å². The van der Waals surface area contributed by atoms with E-state index in [0.717, 1.165) is 73.1 Å². The highest BCUT2D eigenvalue weighted by atomic mass is 16.5. The first-order chi connectivity index (χ1) is 19.7. The lowest BCUT2D eigenvalue weighted by Crippen LogP contribution is -2.43. The van der Waals surface area contributed by atoms with Crippen LogP contribution in [0, 0.1) is 0 Å². The largest absolute Gasteiger partial charge is 0.378 e. The maximum Gasteiger partial charge on any atom is 0.275 e. The highest BCUT2D eigenvalue weighted by molar-refractivity contribution is 6.03. The number of amides is 1. The Kier molecular flexibility index (Phi) is 6.42. The van der Waals surface area contributed by atoms with Crippen LogP contribution in [-0.4, -0.2) is 82.7 Å². The number of pyridine rings is 2. The lowest BCUT2D eigenvalue weighted by molar-refractivity contribution is 0.102. The van der Waals surface area contributed by atoms with Gasteiger partial charge in [-0.3, -0.25) is 9.20 Å². The molecule has 2 N–H and O–H groups in total. The molecule has 0 atom stereocenters. The Hall–Kier alpha value is -4.61. The molecule has 2 aliphatic heterocycles. The van der Waals surface area contributed by atoms with E-state index in [1.54, 1.807) is 6.07 Å². The smallest absolute Gasteiger partial charge is 0.275 e. The molecule has 0 saturated carbocycles. The fraction of sp³-hybridized carbons (Fsp3) is 0.276. The van der Waals surface area contributed by atoms with Crippen LogP contribution in [0.5, 0.6) is 0 Å². The summed E-state index contributed by atoms with van der Waals surface area (Å²) in [6, 6.07) is 15.5. The van der Waals surface area contributed by atoms with Crippen LogP contribution >= 0.6 is 0 Å². The van der Waals surface area contributed by atoms with Gasteiger partial charge in [0.25, 0.3) is 5.91 Å². The molecule has 0 unspecified atom stereocenters. The number of carbonyl (C=O) groups excluding carboxylic acids is 1. The van der Waals surface area contributed by atoms with Crippen molar-refractivity contribution >= 4 is 39.9 Å². The van der Waals surface area contributed by atoms with Gasteiger partial charge in [0.05, 0.1) is 36.8 Å². The van der Waals surface area contributed by atoms with E-state index >= 15 is 0 Å². The summed E-state index contributed by atoms with van der Waals surface area (Å²) in [5.74, 6) is 1.82. The molecular weight excluding hydrogens is 506 g/mol. The molecule has 11 heteroatoms. The van der Waals surface area contributed by atoms with Crippen LogP contribution < -0.4 is 20.4 Å². The van der Waals surface area contributed by atoms with E-state index in [0.29, 0.717) is 30.4 Å². The summed E-state index contributed by atoms with van der Waals surface area (Å²) in [4.78, 5) is 36.5. The molecule has 0 radical (unpaired) electrons. The summed E-state index contributed by atoms with van der Waals surface area (Å²) in [5, 5.41) is 7.30. The van der Waals surface area contributed by atoms with Crippen molar-refractivity contribution in [1.82, 2.24) is 29.7 Å². The molecule has 6 heterocycles. The van der Waals surface area contributed by atoms with Gasteiger partial charge in [-0.1, -0.05) is 24.3 Å². The zero-order valence-corrected chi connectivity index (χ0v) is 22.0. The second-order valence-electron chi connectivity index (χ2n) is 9.87. The number of hydrogen-bond acceptors (Lipinski definition) is 9. The normalized spacial score (nSPS) is 16.0. The number of aromatic nitrogens is 5. The maximum atomic E-state index is 13.2. The first kappa shape index (κ1) is 24.4. The second kappa shape index (κ2) is 10.5. The highest BCUT2D eigenvalue weighted by Crippen LogP contribution is 2.29. The van der Waals surface area contributed by atoms with Crippen molar-refractivity contribution < 1.29 is 9.53 Å². The molecule has 2 fully saturated rings. The third-order valence-electron chi connectivity index (χ3n) is 7.34. The SMILES string of the molecule is O=C(Nc1cn2c(-c3ccc(N4CCNCC4)nc3)cnc(N3CCOCC3)c2n1)c1ccc2ccccc2n1. The van der Waals surface area contributed by atoms with Crippen LogP contribution in [0.4, 0.5) is 17.5 Å². The summed E-state index contributed by atoms with van der Waals surface area (Å²) < 4.78 is 7.52. The highest BCUT2D eigenvalue weighted by Gasteiger charge is 2.21. The number of imidazole rings is 1. The molecule has 0 bridgehead atoms. The number of piperazine rings is 1. The quantitative estimate of drug-likeness (QED) is 0.351. The Morgan fingerprint density at radius 3 is 2.55 bits per heavy atom. The van der Waals surface area contributed by atoms with Crippen LogP contribution in [0.3, 0.4) is 0 Å². The Balaban J connectivity index is 1.24. The van der Waals surface area contributed by atoms with Crippen molar-refractivity contribution in [3.05, 3.63) is 72.8 Å². The van der Waals surface area contributed by atoms with Gasteiger partial charge in [0.1, 0.15) is 11.5 Å². The Labute approximate surface area is 230 Å². The minimum absolute atomic E-state index is 0.321. The molecular formula is C29H29N9O2. The number of rotatable bonds is 5. The number of ether oxygens (including phenoxy) is 1. The molecule has 5 aromatic rings. The number of hydrogen-bond donors (Lipinski definition) is 2. The molecule has 2 aliphatic rings. The molecule has 4 aromatic heterocycles. The van der Waals surface area contributed by atoms with Crippen molar-refractivity contribution in [1.29, 1.82) is 0 Å². The number of carbonyl (C=O) groups is 1. The van der Waals surface area contributed by atoms with Crippen molar-refractivity contribution in [2.24, 2.45) is 0 Å². The lowest BCUT2D eigenvalue weighted by atomic mass is 10.2. The van der Waals surface area contributed by atoms with E-state index in [-0.39, 0.29) is 5.91 Å². The van der Waals surface area contributed by atoms with E-state index < -0.39 is 0 Å². The third-order valence-corrected chi connectivity index (χ3v) is 7.34. The Morgan fingerprint density at radius 2 is 1.73 bits per heavy atom. The Bertz CT molecular complexity index is 1670. The molecule has 2 saturated heterocycles. The fourth-order valence-electron chi connectivity index (χ4n) is 5.23. The topological polar surface area (TPSA) is 113 Å². The zero-order valence-electron chi connectivity index (χ0n) is 22.0. The molecule has 0 spiro atoms. The number of morpholine rings is 1. The average Bonchev–Trinajstić information content (AvgIpc) is 3.45. The van der Waals surface area contributed by atoms with Crippen molar-refractivity contribution in [3.8, 4) is 11.3 Å². The van der Waals surface area contributed by atoms with Crippen molar-refractivity contribution in [2.75, 3.05) is 67.6 Å². The van der Waals surface area contributed by atoms with Crippen LogP contribution in [0.1, 0.15) is 10.5 Å². The van der Waals surface area contributed by atoms with E-state index in [4.69, 9.17) is 19.7 Å². The van der Waals surface area contributed by atoms with E-state index in [9.17, 15) is 4.79 Å². The van der Waals surface area contributed by atoms with Crippen molar-refractivity contribution in [2.45, 2.75) is 0 Å². The minimum atomic E-state index is -0.321. The standard InChI is InChI=1S/C29H29N9O2/c39-29(23-7-5-20-3-1-2-4-22(20)33-23)35-25-19-38-24(18-32-27(28(38)34-25)37-13-15-40-16-14-37)21-6-8-26(31-17-21)36-11-9-30-10-12-36/h1-8,17-19,30H,9-16H2,(H,35,39). The third kappa shape index (κ3) is 4.69. The molecule has 11 nitrogen and oxygen atoms in total. The fourth-order valence-corrected chi connectivity index (χ4v) is 5.23. The summed E-state index contributed by atoms with van der Waals surface area (Å²) in [6.45, 7) is 6.48. The van der Waals surface area contributed by atoms with Gasteiger partial charge < -0.3 is 25.2 Å². The molecule has 1 aromatic carbocycles. The number of para-hydroxylation sites is 1. The van der Waals surface area contributed by atoms with Crippen molar-refractivity contribution in [3.63, 3.8) is 0 Å². The van der Waals surface area contributed by atoms with Gasteiger partial charge in [-0.05, 0) is 24.3 Å². The maximum absolute atomic E-state index is 13.2. The van der Waals surface area contributed by atoms with Crippen LogP contribution in [-0.2, 0) is 4.74 Å². The number of nitrogens with one attached hydrogen (secondary N) is 2. The summed E-state index contributed by atoms with van der Waals surface area (Å²) in [5.41, 5.74) is 3.50. The van der Waals surface area contributed by atoms with Crippen LogP contribution in [0.15, 0.2) is 67.1 Å². The van der Waals surface area contributed by atoms with E-state index in [1.165, 1.54) is 0 Å². The van der Waals surface area contributed by atoms with Gasteiger partial charge in [-0.2, -0.15) is 0 Å². The zero-order chi connectivity index (χ0) is 26.9. The van der Waals surface area contributed by atoms with Crippen LogP contribution in [0.2, 0.25) is 0 Å². The van der Waals surface area contributed by atoms with Gasteiger partial charge in [-0.15, -0.1) is 0 Å². The predicted molar refractivity (Wildman–Crippen MR) is 154 cm³/mol. The Morgan fingerprint density at radius 1 is 0.875 bits per heavy atom. The monoisotopic (exact) mass is 535 g/mol. The van der Waals surface area contributed by atoms with Gasteiger partial charge in [0, 0.05) is 56.4 Å². The molecule has 7 rings (SSSR count). The number of benzene rings is 1. The van der Waals surface area contributed by atoms with Gasteiger partial charge >= 0.3 is 0 Å². The number of anilines is 3. The average molecular weight is 536 g/mol. The van der Waals surface area contributed by atoms with Crippen LogP contribution in [0.25, 0.3) is 27.8 Å². The summed E-state index contributed by atoms with van der Waals surface area (Å²) >= 11 is 0. The lowest BCUT2D eigenvalue weighted by Gasteiger charge is -2.28. The first-order valence-corrected chi connectivity index (χ1v) is 13.5. The van der Waals surface area contributed by atoms with E-state index in [1.807, 2.05) is 59.4 Å². The molecule has 0 aliphatic carbocycles. The van der Waals surface area contributed by atoms with Gasteiger partial charge in [0.15, 0.2) is 17.3 Å². The number of nitrogens with zero attached hydrogens (tertiary/aromatic N) is 7. The summed E-state index contributed by atoms with van der Waals surface area (Å²) in [7, 11) is 0. The first-order valence-electron chi connectivity index (χ1n) is 13.5. The number of fused-ring (bicyclic) bond motifs is 2.